The number of ketones is 1. The third-order valence-corrected chi connectivity index (χ3v) is 16.9. The Hall–Kier alpha value is -8.72. The summed E-state index contributed by atoms with van der Waals surface area (Å²) >= 11 is 0. The highest BCUT2D eigenvalue weighted by Crippen LogP contribution is 2.65. The molecule has 20 nitrogen and oxygen atoms in total. The molecule has 0 radical (unpaired) electrons. The monoisotopic (exact) mass is 1130 g/mol. The third-order valence-electron chi connectivity index (χ3n) is 16.9. The van der Waals surface area contributed by atoms with Gasteiger partial charge in [0.2, 0.25) is 6.10 Å². The molecule has 4 aliphatic rings. The Bertz CT molecular complexity index is 3390. The molecule has 0 spiro atoms. The maximum Gasteiger partial charge on any atom is 0.412 e. The van der Waals surface area contributed by atoms with Gasteiger partial charge in [0.15, 0.2) is 5.60 Å². The topological polar surface area (TPSA) is 304 Å². The van der Waals surface area contributed by atoms with Gasteiger partial charge in [-0.3, -0.25) is 29.7 Å². The number of nitrogen functional groups attached to an aromatic ring is 1. The number of amides is 2. The van der Waals surface area contributed by atoms with Crippen molar-refractivity contribution in [3.8, 4) is 11.5 Å². The van der Waals surface area contributed by atoms with Crippen molar-refractivity contribution in [2.75, 3.05) is 30.7 Å². The first-order chi connectivity index (χ1) is 39.5. The number of nitrogens with two attached hydrogens (primary N) is 1. The molecule has 11 atom stereocenters. The number of carbonyl (C=O) groups excluding carboxylic acids is 6. The van der Waals surface area contributed by atoms with E-state index >= 15 is 9.59 Å². The van der Waals surface area contributed by atoms with E-state index in [0.717, 1.165) is 0 Å². The average molecular weight is 1130 g/mol. The summed E-state index contributed by atoms with van der Waals surface area (Å²) in [6, 6.07) is 31.5. The maximum atomic E-state index is 15.6. The number of aliphatic hydroxyl groups is 2. The van der Waals surface area contributed by atoms with Crippen molar-refractivity contribution < 1.29 is 72.9 Å². The normalized spacial score (nSPS) is 26.9. The highest BCUT2D eigenvalue weighted by Gasteiger charge is 2.77. The van der Waals surface area contributed by atoms with Crippen LogP contribution in [0.5, 0.6) is 11.5 Å². The largest absolute Gasteiger partial charge is 0.507 e. The average Bonchev–Trinajstić information content (AvgIpc) is 0.748. The van der Waals surface area contributed by atoms with Crippen LogP contribution in [0.3, 0.4) is 0 Å². The molecule has 8 N–H and O–H groups in total. The lowest BCUT2D eigenvalue weighted by Gasteiger charge is -2.67. The molecule has 0 unspecified atom stereocenters. The van der Waals surface area contributed by atoms with Crippen LogP contribution in [0.2, 0.25) is 0 Å². The summed E-state index contributed by atoms with van der Waals surface area (Å²) in [6.07, 6.45) is -6.73. The number of anilines is 2. The summed E-state index contributed by atoms with van der Waals surface area (Å²) in [6.45, 7) is 9.44. The number of phenols is 2. The van der Waals surface area contributed by atoms with Gasteiger partial charge in [-0.2, -0.15) is 0 Å². The van der Waals surface area contributed by atoms with E-state index in [1.54, 1.807) is 119 Å². The Morgan fingerprint density at radius 1 is 0.819 bits per heavy atom. The quantitative estimate of drug-likeness (QED) is 0.00975. The highest BCUT2D eigenvalue weighted by atomic mass is 16.6. The van der Waals surface area contributed by atoms with Gasteiger partial charge in [-0.15, -0.1) is 0 Å². The molecule has 2 amide bonds. The van der Waals surface area contributed by atoms with E-state index in [1.165, 1.54) is 62.7 Å². The van der Waals surface area contributed by atoms with E-state index in [1.807, 2.05) is 0 Å². The first-order valence-corrected chi connectivity index (χ1v) is 27.2. The molecule has 434 valence electrons. The molecule has 5 aromatic carbocycles. The van der Waals surface area contributed by atoms with Crippen LogP contribution in [0.15, 0.2) is 149 Å². The molecule has 1 aliphatic heterocycles. The van der Waals surface area contributed by atoms with Gasteiger partial charge in [-0.1, -0.05) is 87.5 Å². The van der Waals surface area contributed by atoms with E-state index in [0.29, 0.717) is 28.0 Å². The Balaban J connectivity index is 1.08. The van der Waals surface area contributed by atoms with Gasteiger partial charge in [0.05, 0.1) is 42.7 Å². The standard InChI is InChI=1S/C63H67N5O15/c1-35-47(31-63(78)55(82-57(75)40-20-14-9-15-21-40)53-61(6,54(73)36(2)50(35)60(63,4)5)48(72)30-49-62(53,34-79-49)83-37(3)69)80-58(76)52(51(38-16-10-7-11-17-38)68-56(74)39-18-12-8-13-19-39)81-59(77)67-44-23-25-46(71)42(29-44)33-66-27-26-65-32-41-28-43(64)22-24-45(41)70/h7-25,28-29,32-33,36,47-49,51-53,55,70-72,78H,26-27,30-31,34,64H2,1-6H3,(H,67,77)(H,68,74)/t36-,47+,48+,49-,51+,52-,53+,55+,61-,62+,63-/m1/s1. The maximum absolute atomic E-state index is 15.6. The highest BCUT2D eigenvalue weighted by molar-refractivity contribution is 5.96. The molecule has 3 fully saturated rings. The van der Waals surface area contributed by atoms with E-state index in [2.05, 4.69) is 20.6 Å². The Morgan fingerprint density at radius 3 is 2.01 bits per heavy atom. The van der Waals surface area contributed by atoms with Crippen molar-refractivity contribution in [1.29, 1.82) is 0 Å². The fourth-order valence-corrected chi connectivity index (χ4v) is 12.7. The second kappa shape index (κ2) is 23.6. The van der Waals surface area contributed by atoms with Crippen molar-refractivity contribution in [2.45, 2.75) is 102 Å². The fourth-order valence-electron chi connectivity index (χ4n) is 12.7. The molecule has 2 saturated carbocycles. The number of fused-ring (bicyclic) bond motifs is 5. The molecular weight excluding hydrogens is 1070 g/mol. The number of benzene rings is 5. The van der Waals surface area contributed by atoms with Gasteiger partial charge in [0, 0.05) is 71.6 Å². The number of esters is 3. The number of carbonyl (C=O) groups is 6. The first kappa shape index (κ1) is 58.9. The van der Waals surface area contributed by atoms with Crippen molar-refractivity contribution in [3.05, 3.63) is 166 Å². The van der Waals surface area contributed by atoms with Crippen LogP contribution in [-0.2, 0) is 38.1 Å². The zero-order valence-corrected chi connectivity index (χ0v) is 46.7. The number of ether oxygens (including phenoxy) is 5. The molecular formula is C63H67N5O15. The van der Waals surface area contributed by atoms with Crippen molar-refractivity contribution in [3.63, 3.8) is 0 Å². The molecule has 83 heavy (non-hydrogen) atoms. The minimum atomic E-state index is -2.33. The van der Waals surface area contributed by atoms with Crippen molar-refractivity contribution in [1.82, 2.24) is 5.32 Å². The van der Waals surface area contributed by atoms with Gasteiger partial charge < -0.3 is 55.2 Å². The number of hydrogen-bond acceptors (Lipinski definition) is 18. The minimum absolute atomic E-state index is 0.00485. The van der Waals surface area contributed by atoms with E-state index < -0.39 is 113 Å². The Kier molecular flexibility index (Phi) is 16.8. The number of rotatable bonds is 16. The summed E-state index contributed by atoms with van der Waals surface area (Å²) < 4.78 is 31.2. The van der Waals surface area contributed by atoms with Gasteiger partial charge >= 0.3 is 24.0 Å². The summed E-state index contributed by atoms with van der Waals surface area (Å²) in [5.41, 5.74) is 0.816. The SMILES string of the molecule is CC(=O)O[C@@]12CO[C@@H]1C[C@H](O)[C@@]1(C)C(=O)[C@H](C)C3=C(C)[C@@H](OC(=O)[C@H](OC(=O)Nc4ccc(O)c(C=NCCN=Cc5cc(N)ccc5O)c4)[C@@H](NC(=O)c4ccccc4)c4ccccc4)C[C@@](O)([C@@H](OC(=O)c4ccccc4)[C@H]21)C3(C)C. The van der Waals surface area contributed by atoms with Crippen molar-refractivity contribution in [2.24, 2.45) is 32.7 Å². The molecule has 5 aromatic rings. The van der Waals surface area contributed by atoms with Crippen molar-refractivity contribution >= 4 is 59.5 Å². The molecule has 1 heterocycles. The van der Waals surface area contributed by atoms with Crippen LogP contribution < -0.4 is 16.4 Å². The zero-order valence-electron chi connectivity index (χ0n) is 46.7. The number of phenolic OH excluding ortho intramolecular Hbond substituents is 2. The molecule has 1 saturated heterocycles. The number of aliphatic imine (C=N–C) groups is 2. The van der Waals surface area contributed by atoms with Crippen LogP contribution in [0.4, 0.5) is 16.2 Å². The summed E-state index contributed by atoms with van der Waals surface area (Å²) in [7, 11) is 0. The lowest BCUT2D eigenvalue weighted by Crippen LogP contribution is -2.81. The van der Waals surface area contributed by atoms with E-state index in [9.17, 15) is 39.6 Å². The Labute approximate surface area is 479 Å². The predicted octanol–water partition coefficient (Wildman–Crippen LogP) is 7.23. The van der Waals surface area contributed by atoms with Gasteiger partial charge in [0.25, 0.3) is 5.91 Å². The van der Waals surface area contributed by atoms with Crippen LogP contribution in [0.25, 0.3) is 0 Å². The smallest absolute Gasteiger partial charge is 0.412 e. The van der Waals surface area contributed by atoms with E-state index in [-0.39, 0.29) is 60.0 Å². The summed E-state index contributed by atoms with van der Waals surface area (Å²) in [5.74, 6) is -6.82. The zero-order chi connectivity index (χ0) is 59.6. The second-order valence-electron chi connectivity index (χ2n) is 22.3. The van der Waals surface area contributed by atoms with Gasteiger partial charge in [-0.25, -0.2) is 14.4 Å². The number of Topliss-reactive ketones (excluding diaryl/α,β-unsaturated/α-hetero) is 1. The lowest BCUT2D eigenvalue weighted by molar-refractivity contribution is -0.345. The van der Waals surface area contributed by atoms with Crippen LogP contribution >= 0.6 is 0 Å². The second-order valence-corrected chi connectivity index (χ2v) is 22.3. The lowest BCUT2D eigenvalue weighted by atomic mass is 9.43. The van der Waals surface area contributed by atoms with Crippen LogP contribution in [-0.4, -0.2) is 130 Å². The number of nitrogens with zero attached hydrogens (tertiary/aromatic N) is 2. The fraction of sp³-hybridized carbons (Fsp3) is 0.365. The number of hydrogen-bond donors (Lipinski definition) is 7. The number of aliphatic hydroxyl groups excluding tert-OH is 1. The third kappa shape index (κ3) is 11.3. The van der Waals surface area contributed by atoms with Crippen LogP contribution in [0, 0.1) is 22.7 Å². The molecule has 0 aromatic heterocycles. The van der Waals surface area contributed by atoms with E-state index in [4.69, 9.17) is 29.4 Å². The first-order valence-electron chi connectivity index (χ1n) is 27.2. The Morgan fingerprint density at radius 2 is 1.41 bits per heavy atom. The molecule has 3 aliphatic carbocycles. The van der Waals surface area contributed by atoms with Gasteiger partial charge in [-0.05, 0) is 91.2 Å². The predicted molar refractivity (Wildman–Crippen MR) is 305 cm³/mol. The number of nitrogens with one attached hydrogen (secondary N) is 2. The molecule has 20 heteroatoms. The molecule has 9 rings (SSSR count). The number of aromatic hydroxyl groups is 2. The van der Waals surface area contributed by atoms with Gasteiger partial charge in [0.1, 0.15) is 47.2 Å². The summed E-state index contributed by atoms with van der Waals surface area (Å²) in [4.78, 5) is 96.0. The minimum Gasteiger partial charge on any atom is -0.507 e. The van der Waals surface area contributed by atoms with Crippen LogP contribution in [0.1, 0.15) is 97.8 Å². The summed E-state index contributed by atoms with van der Waals surface area (Å²) in [5, 5.41) is 52.6. The molecule has 2 bridgehead atoms.